The van der Waals surface area contributed by atoms with Crippen molar-refractivity contribution in [2.45, 2.75) is 13.8 Å². The van der Waals surface area contributed by atoms with Crippen LogP contribution in [0.1, 0.15) is 25.2 Å². The molecular weight excluding hydrogens is 308 g/mol. The number of pyridine rings is 2. The number of carbonyl (C=O) groups is 2. The van der Waals surface area contributed by atoms with Gasteiger partial charge in [0.05, 0.1) is 22.8 Å². The number of hydrogen-bond donors (Lipinski definition) is 2. The Morgan fingerprint density at radius 3 is 1.54 bits per heavy atom. The fraction of sp³-hybridized carbons (Fsp3) is 0.125. The first-order valence-corrected chi connectivity index (χ1v) is 7.09. The summed E-state index contributed by atoms with van der Waals surface area (Å²) in [6.45, 7) is 3.34. The largest absolute Gasteiger partial charge is 0.331 e. The number of amides is 2. The van der Waals surface area contributed by atoms with Crippen LogP contribution in [0.4, 0.5) is 0 Å². The molecule has 0 radical (unpaired) electrons. The van der Waals surface area contributed by atoms with Crippen LogP contribution in [0.15, 0.2) is 59.0 Å². The lowest BCUT2D eigenvalue weighted by molar-refractivity contribution is -0.139. The molecule has 8 heteroatoms. The molecule has 0 saturated heterocycles. The molecule has 0 bridgehead atoms. The van der Waals surface area contributed by atoms with E-state index in [-0.39, 0.29) is 0 Å². The van der Waals surface area contributed by atoms with Crippen molar-refractivity contribution >= 4 is 23.2 Å². The Balaban J connectivity index is 1.92. The van der Waals surface area contributed by atoms with E-state index in [4.69, 9.17) is 0 Å². The highest BCUT2D eigenvalue weighted by atomic mass is 16.2. The van der Waals surface area contributed by atoms with Gasteiger partial charge in [0.2, 0.25) is 0 Å². The first kappa shape index (κ1) is 16.9. The smallest absolute Gasteiger partial charge is 0.262 e. The highest BCUT2D eigenvalue weighted by Gasteiger charge is 2.12. The van der Waals surface area contributed by atoms with E-state index in [0.29, 0.717) is 22.8 Å². The molecular formula is C16H16N6O2. The SMILES string of the molecule is CC(=NNC(=O)C(=O)NN=C(C)c1ccccn1)c1ccccn1. The molecule has 0 aliphatic rings. The molecule has 0 spiro atoms. The molecule has 2 rings (SSSR count). The molecule has 122 valence electrons. The summed E-state index contributed by atoms with van der Waals surface area (Å²) in [6, 6.07) is 10.6. The van der Waals surface area contributed by atoms with Crippen molar-refractivity contribution < 1.29 is 9.59 Å². The number of hydrogen-bond acceptors (Lipinski definition) is 6. The van der Waals surface area contributed by atoms with Gasteiger partial charge in [-0.1, -0.05) is 12.1 Å². The van der Waals surface area contributed by atoms with Crippen molar-refractivity contribution in [1.82, 2.24) is 20.8 Å². The zero-order valence-corrected chi connectivity index (χ0v) is 13.2. The zero-order chi connectivity index (χ0) is 17.4. The fourth-order valence-electron chi connectivity index (χ4n) is 1.64. The minimum absolute atomic E-state index is 0.477. The molecule has 24 heavy (non-hydrogen) atoms. The maximum Gasteiger partial charge on any atom is 0.331 e. The van der Waals surface area contributed by atoms with E-state index in [2.05, 4.69) is 31.0 Å². The van der Waals surface area contributed by atoms with E-state index in [0.717, 1.165) is 0 Å². The van der Waals surface area contributed by atoms with Gasteiger partial charge in [-0.25, -0.2) is 10.9 Å². The van der Waals surface area contributed by atoms with Crippen LogP contribution in [-0.4, -0.2) is 33.2 Å². The third kappa shape index (κ3) is 4.80. The Hall–Kier alpha value is -3.42. The standard InChI is InChI=1S/C16H16N6O2/c1-11(13-7-3-5-9-17-13)19-21-15(23)16(24)22-20-12(2)14-8-4-6-10-18-14/h3-10H,1-2H3,(H,21,23)(H,22,24). The summed E-state index contributed by atoms with van der Waals surface area (Å²) in [7, 11) is 0. The second-order valence-electron chi connectivity index (χ2n) is 4.71. The molecule has 2 aromatic heterocycles. The van der Waals surface area contributed by atoms with Crippen molar-refractivity contribution in [2.75, 3.05) is 0 Å². The Morgan fingerprint density at radius 2 is 1.21 bits per heavy atom. The maximum absolute atomic E-state index is 11.7. The molecule has 0 aliphatic heterocycles. The summed E-state index contributed by atoms with van der Waals surface area (Å²) in [4.78, 5) is 31.6. The number of carbonyl (C=O) groups excluding carboxylic acids is 2. The Bertz CT molecular complexity index is 704. The molecule has 2 N–H and O–H groups in total. The van der Waals surface area contributed by atoms with E-state index in [1.807, 2.05) is 0 Å². The maximum atomic E-state index is 11.7. The number of nitrogens with one attached hydrogen (secondary N) is 2. The summed E-state index contributed by atoms with van der Waals surface area (Å²) >= 11 is 0. The van der Waals surface area contributed by atoms with Crippen LogP contribution in [-0.2, 0) is 9.59 Å². The van der Waals surface area contributed by atoms with E-state index in [9.17, 15) is 9.59 Å². The molecule has 0 saturated carbocycles. The first-order valence-electron chi connectivity index (χ1n) is 7.09. The predicted octanol–water partition coefficient (Wildman–Crippen LogP) is 0.857. The molecule has 2 heterocycles. The first-order chi connectivity index (χ1) is 11.6. The van der Waals surface area contributed by atoms with Gasteiger partial charge in [0.1, 0.15) is 0 Å². The van der Waals surface area contributed by atoms with Crippen LogP contribution in [0, 0.1) is 0 Å². The summed E-state index contributed by atoms with van der Waals surface area (Å²) in [6.07, 6.45) is 3.22. The molecule has 0 atom stereocenters. The average molecular weight is 324 g/mol. The summed E-state index contributed by atoms with van der Waals surface area (Å²) in [5.74, 6) is -1.86. The van der Waals surface area contributed by atoms with Gasteiger partial charge >= 0.3 is 11.8 Å². The van der Waals surface area contributed by atoms with Crippen LogP contribution >= 0.6 is 0 Å². The van der Waals surface area contributed by atoms with Gasteiger partial charge < -0.3 is 0 Å². The van der Waals surface area contributed by atoms with Crippen LogP contribution in [0.2, 0.25) is 0 Å². The van der Waals surface area contributed by atoms with Crippen LogP contribution in [0.5, 0.6) is 0 Å². The van der Waals surface area contributed by atoms with Crippen LogP contribution in [0.3, 0.4) is 0 Å². The van der Waals surface area contributed by atoms with E-state index >= 15 is 0 Å². The van der Waals surface area contributed by atoms with E-state index < -0.39 is 11.8 Å². The molecule has 0 aliphatic carbocycles. The summed E-state index contributed by atoms with van der Waals surface area (Å²) < 4.78 is 0. The third-order valence-electron chi connectivity index (χ3n) is 2.93. The van der Waals surface area contributed by atoms with Gasteiger partial charge in [0, 0.05) is 12.4 Å². The number of hydrazone groups is 2. The molecule has 0 aromatic carbocycles. The van der Waals surface area contributed by atoms with Crippen molar-refractivity contribution in [2.24, 2.45) is 10.2 Å². The van der Waals surface area contributed by atoms with Gasteiger partial charge in [0.25, 0.3) is 0 Å². The van der Waals surface area contributed by atoms with Gasteiger partial charge in [-0.3, -0.25) is 19.6 Å². The Kier molecular flexibility index (Phi) is 5.84. The van der Waals surface area contributed by atoms with Gasteiger partial charge in [-0.15, -0.1) is 0 Å². The predicted molar refractivity (Wildman–Crippen MR) is 89.2 cm³/mol. The number of nitrogens with zero attached hydrogens (tertiary/aromatic N) is 4. The van der Waals surface area contributed by atoms with Crippen molar-refractivity contribution in [1.29, 1.82) is 0 Å². The monoisotopic (exact) mass is 324 g/mol. The molecule has 8 nitrogen and oxygen atoms in total. The number of rotatable bonds is 4. The zero-order valence-electron chi connectivity index (χ0n) is 13.2. The van der Waals surface area contributed by atoms with Crippen molar-refractivity contribution in [3.8, 4) is 0 Å². The van der Waals surface area contributed by atoms with E-state index in [1.54, 1.807) is 62.6 Å². The van der Waals surface area contributed by atoms with Gasteiger partial charge in [0.15, 0.2) is 0 Å². The minimum Gasteiger partial charge on any atom is -0.262 e. The van der Waals surface area contributed by atoms with Crippen LogP contribution in [0.25, 0.3) is 0 Å². The third-order valence-corrected chi connectivity index (χ3v) is 2.93. The van der Waals surface area contributed by atoms with Crippen molar-refractivity contribution in [3.63, 3.8) is 0 Å². The van der Waals surface area contributed by atoms with Gasteiger partial charge in [-0.05, 0) is 38.1 Å². The highest BCUT2D eigenvalue weighted by Crippen LogP contribution is 1.96. The highest BCUT2D eigenvalue weighted by molar-refractivity contribution is 6.35. The fourth-order valence-corrected chi connectivity index (χ4v) is 1.64. The molecule has 0 fully saturated rings. The summed E-state index contributed by atoms with van der Waals surface area (Å²) in [5, 5.41) is 7.67. The Labute approximate surface area is 138 Å². The normalized spacial score (nSPS) is 11.8. The lowest BCUT2D eigenvalue weighted by Gasteiger charge is -2.02. The Morgan fingerprint density at radius 1 is 0.792 bits per heavy atom. The molecule has 2 aromatic rings. The second-order valence-corrected chi connectivity index (χ2v) is 4.71. The van der Waals surface area contributed by atoms with Crippen molar-refractivity contribution in [3.05, 3.63) is 60.2 Å². The lowest BCUT2D eigenvalue weighted by atomic mass is 10.3. The van der Waals surface area contributed by atoms with E-state index in [1.165, 1.54) is 0 Å². The second kappa shape index (κ2) is 8.28. The molecule has 2 amide bonds. The molecule has 0 unspecified atom stereocenters. The minimum atomic E-state index is -0.928. The van der Waals surface area contributed by atoms with Gasteiger partial charge in [-0.2, -0.15) is 10.2 Å². The van der Waals surface area contributed by atoms with Crippen LogP contribution < -0.4 is 10.9 Å². The number of aromatic nitrogens is 2. The average Bonchev–Trinajstić information content (AvgIpc) is 2.64. The topological polar surface area (TPSA) is 109 Å². The quantitative estimate of drug-likeness (QED) is 0.494. The lowest BCUT2D eigenvalue weighted by Crippen LogP contribution is -2.36. The summed E-state index contributed by atoms with van der Waals surface area (Å²) in [5.41, 5.74) is 6.46.